The Morgan fingerprint density at radius 3 is 1.58 bits per heavy atom. The van der Waals surface area contributed by atoms with Crippen LogP contribution in [0, 0.1) is 0 Å². The smallest absolute Gasteiger partial charge is 0.0956 e. The molecule has 0 aromatic heterocycles. The second kappa shape index (κ2) is 6.83. The molecule has 0 unspecified atom stereocenters. The van der Waals surface area contributed by atoms with Crippen molar-refractivity contribution in [3.05, 3.63) is 0 Å². The number of rotatable bonds is 6. The van der Waals surface area contributed by atoms with Gasteiger partial charge in [-0.1, -0.05) is 20.8 Å². The van der Waals surface area contributed by atoms with Gasteiger partial charge in [-0.25, -0.2) is 0 Å². The molecule has 4 heteroatoms. The Morgan fingerprint density at radius 2 is 1.33 bits per heavy atom. The van der Waals surface area contributed by atoms with Gasteiger partial charge in [-0.3, -0.25) is 0 Å². The van der Waals surface area contributed by atoms with Crippen LogP contribution in [0.5, 0.6) is 0 Å². The maximum absolute atomic E-state index is 2.54. The molecular formula is C8H24N2Si2. The van der Waals surface area contributed by atoms with Crippen molar-refractivity contribution >= 4 is 19.4 Å². The molecule has 0 spiro atoms. The summed E-state index contributed by atoms with van der Waals surface area (Å²) < 4.78 is 5.09. The molecule has 0 amide bonds. The van der Waals surface area contributed by atoms with Gasteiger partial charge in [0, 0.05) is 0 Å². The Kier molecular flexibility index (Phi) is 7.03. The van der Waals surface area contributed by atoms with Gasteiger partial charge in [-0.15, -0.1) is 0 Å². The van der Waals surface area contributed by atoms with E-state index in [0.29, 0.717) is 0 Å². The highest BCUT2D eigenvalue weighted by atomic mass is 28.3. The van der Waals surface area contributed by atoms with Crippen LogP contribution in [0.25, 0.3) is 0 Å². The lowest BCUT2D eigenvalue weighted by atomic mass is 10.8. The van der Waals surface area contributed by atoms with Crippen LogP contribution in [0.2, 0.25) is 5.16 Å². The lowest BCUT2D eigenvalue weighted by Crippen LogP contribution is -2.34. The molecule has 0 radical (unpaired) electrons. The molecule has 0 bridgehead atoms. The molecule has 0 rings (SSSR count). The van der Waals surface area contributed by atoms with E-state index in [1.165, 1.54) is 13.1 Å². The molecule has 0 N–H and O–H groups in total. The summed E-state index contributed by atoms with van der Waals surface area (Å²) in [5, 5.41) is 1.06. The molecular weight excluding hydrogens is 180 g/mol. The van der Waals surface area contributed by atoms with Crippen LogP contribution in [0.15, 0.2) is 0 Å². The summed E-state index contributed by atoms with van der Waals surface area (Å²) in [6, 6.07) is 0. The molecule has 12 heavy (non-hydrogen) atoms. The summed E-state index contributed by atoms with van der Waals surface area (Å²) in [4.78, 5) is 0. The van der Waals surface area contributed by atoms with Crippen LogP contribution >= 0.6 is 0 Å². The van der Waals surface area contributed by atoms with Crippen molar-refractivity contribution in [3.63, 3.8) is 0 Å². The molecule has 0 aliphatic heterocycles. The molecule has 0 aliphatic carbocycles. The van der Waals surface area contributed by atoms with E-state index in [4.69, 9.17) is 0 Å². The van der Waals surface area contributed by atoms with E-state index >= 15 is 0 Å². The number of hydrogen-bond donors (Lipinski definition) is 0. The van der Waals surface area contributed by atoms with Crippen molar-refractivity contribution in [1.82, 2.24) is 9.13 Å². The van der Waals surface area contributed by atoms with Gasteiger partial charge in [0.15, 0.2) is 0 Å². The topological polar surface area (TPSA) is 6.48 Å². The first-order valence-corrected chi connectivity index (χ1v) is 7.87. The van der Waals surface area contributed by atoms with Gasteiger partial charge >= 0.3 is 0 Å². The zero-order valence-corrected chi connectivity index (χ0v) is 12.1. The summed E-state index contributed by atoms with van der Waals surface area (Å²) >= 11 is 0. The van der Waals surface area contributed by atoms with Crippen molar-refractivity contribution in [3.8, 4) is 0 Å². The van der Waals surface area contributed by atoms with Crippen LogP contribution in [-0.4, -0.2) is 55.7 Å². The quantitative estimate of drug-likeness (QED) is 0.554. The van der Waals surface area contributed by atoms with Crippen LogP contribution < -0.4 is 0 Å². The lowest BCUT2D eigenvalue weighted by Gasteiger charge is -2.22. The molecule has 0 aromatic rings. The molecule has 0 saturated carbocycles. The summed E-state index contributed by atoms with van der Waals surface area (Å²) in [6.07, 6.45) is 0. The van der Waals surface area contributed by atoms with Gasteiger partial charge in [-0.2, -0.15) is 0 Å². The van der Waals surface area contributed by atoms with Crippen molar-refractivity contribution in [2.75, 3.05) is 27.2 Å². The summed E-state index contributed by atoms with van der Waals surface area (Å²) in [5.74, 6) is 0. The van der Waals surface area contributed by atoms with Gasteiger partial charge in [0.1, 0.15) is 0 Å². The summed E-state index contributed by atoms with van der Waals surface area (Å²) in [6.45, 7) is 9.42. The maximum atomic E-state index is 2.54. The van der Waals surface area contributed by atoms with Crippen LogP contribution in [0.1, 0.15) is 20.8 Å². The predicted molar refractivity (Wildman–Crippen MR) is 63.1 cm³/mol. The zero-order valence-electron chi connectivity index (χ0n) is 9.30. The minimum absolute atomic E-state index is 0.0613. The molecule has 0 saturated heterocycles. The minimum Gasteiger partial charge on any atom is -0.332 e. The van der Waals surface area contributed by atoms with Crippen molar-refractivity contribution in [2.45, 2.75) is 25.9 Å². The third-order valence-corrected chi connectivity index (χ3v) is 7.26. The fraction of sp³-hybridized carbons (Fsp3) is 1.00. The summed E-state index contributed by atoms with van der Waals surface area (Å²) in [7, 11) is 4.66. The monoisotopic (exact) mass is 204 g/mol. The van der Waals surface area contributed by atoms with Crippen molar-refractivity contribution < 1.29 is 0 Å². The Hall–Kier alpha value is 0.354. The third kappa shape index (κ3) is 5.94. The standard InChI is InChI=1S/C8H24N2Si2/c1-6-9(4)11-8(3)12-10(5)7-2/h8H,6-7,11-12H2,1-5H3. The highest BCUT2D eigenvalue weighted by molar-refractivity contribution is 6.55. The zero-order chi connectivity index (χ0) is 9.56. The number of nitrogens with zero attached hydrogens (tertiary/aromatic N) is 2. The third-order valence-electron chi connectivity index (χ3n) is 2.33. The lowest BCUT2D eigenvalue weighted by molar-refractivity contribution is 0.546. The molecule has 74 valence electrons. The van der Waals surface area contributed by atoms with E-state index < -0.39 is 0 Å². The van der Waals surface area contributed by atoms with Crippen molar-refractivity contribution in [2.24, 2.45) is 0 Å². The predicted octanol–water partition coefficient (Wildman–Crippen LogP) is -0.177. The first-order chi connectivity index (χ1) is 5.60. The van der Waals surface area contributed by atoms with Crippen LogP contribution in [0.3, 0.4) is 0 Å². The largest absolute Gasteiger partial charge is 0.332 e. The highest BCUT2D eigenvalue weighted by Gasteiger charge is 2.08. The molecule has 0 aliphatic rings. The Morgan fingerprint density at radius 1 is 1.00 bits per heavy atom. The fourth-order valence-electron chi connectivity index (χ4n) is 1.38. The highest BCUT2D eigenvalue weighted by Crippen LogP contribution is 2.01. The maximum Gasteiger partial charge on any atom is 0.0956 e. The van der Waals surface area contributed by atoms with E-state index in [-0.39, 0.29) is 19.4 Å². The molecule has 0 fully saturated rings. The average molecular weight is 204 g/mol. The summed E-state index contributed by atoms with van der Waals surface area (Å²) in [5.41, 5.74) is 0. The van der Waals surface area contributed by atoms with Gasteiger partial charge in [0.25, 0.3) is 0 Å². The minimum atomic E-state index is 0.0613. The van der Waals surface area contributed by atoms with Crippen LogP contribution in [-0.2, 0) is 0 Å². The van der Waals surface area contributed by atoms with Gasteiger partial charge in [0.05, 0.1) is 19.4 Å². The Labute approximate surface area is 82.1 Å². The molecule has 0 heterocycles. The molecule has 0 atom stereocenters. The van der Waals surface area contributed by atoms with E-state index in [2.05, 4.69) is 44.0 Å². The van der Waals surface area contributed by atoms with Crippen molar-refractivity contribution in [1.29, 1.82) is 0 Å². The average Bonchev–Trinajstić information content (AvgIpc) is 2.03. The van der Waals surface area contributed by atoms with Crippen LogP contribution in [0.4, 0.5) is 0 Å². The SMILES string of the molecule is CCN(C)[SiH2]C(C)[SiH2]N(C)CC. The second-order valence-electron chi connectivity index (χ2n) is 3.81. The normalized spacial score (nSPS) is 16.2. The van der Waals surface area contributed by atoms with Gasteiger partial charge in [-0.05, 0) is 32.3 Å². The van der Waals surface area contributed by atoms with Gasteiger partial charge in [0.2, 0.25) is 0 Å². The first-order valence-electron chi connectivity index (χ1n) is 4.97. The molecule has 0 aromatic carbocycles. The Balaban J connectivity index is 3.51. The first kappa shape index (κ1) is 12.4. The van der Waals surface area contributed by atoms with E-state index in [1.807, 2.05) is 0 Å². The molecule has 2 nitrogen and oxygen atoms in total. The second-order valence-corrected chi connectivity index (χ2v) is 10.6. The number of hydrogen-bond acceptors (Lipinski definition) is 2. The van der Waals surface area contributed by atoms with Gasteiger partial charge < -0.3 is 9.13 Å². The Bertz CT molecular complexity index is 99.2. The van der Waals surface area contributed by atoms with E-state index in [9.17, 15) is 0 Å². The fourth-order valence-corrected chi connectivity index (χ4v) is 7.13. The van der Waals surface area contributed by atoms with E-state index in [0.717, 1.165) is 5.16 Å². The van der Waals surface area contributed by atoms with E-state index in [1.54, 1.807) is 0 Å².